The standard InChI is InChI=1S/C23H29N5O4S/c1-17-2-3-20-19(14-17)23(21(29)26-20)4-6-27(7-5-23)8-11-32-18-15-24-22(25-16-18)28-9-12-33(30,31)13-10-28/h2-3,14-16H,4-13H2,1H3,(H,26,29). The van der Waals surface area contributed by atoms with E-state index < -0.39 is 15.3 Å². The molecule has 0 bridgehead atoms. The Balaban J connectivity index is 1.11. The van der Waals surface area contributed by atoms with Gasteiger partial charge in [0.2, 0.25) is 11.9 Å². The molecule has 3 aliphatic rings. The third-order valence-corrected chi connectivity index (χ3v) is 8.61. The van der Waals surface area contributed by atoms with Crippen LogP contribution in [0.2, 0.25) is 0 Å². The third-order valence-electron chi connectivity index (χ3n) is 7.00. The van der Waals surface area contributed by atoms with Crippen molar-refractivity contribution >= 4 is 27.4 Å². The molecule has 1 spiro atoms. The average Bonchev–Trinajstić information content (AvgIpc) is 3.06. The van der Waals surface area contributed by atoms with Crippen LogP contribution in [0.4, 0.5) is 11.6 Å². The molecule has 1 N–H and O–H groups in total. The Morgan fingerprint density at radius 3 is 2.48 bits per heavy atom. The summed E-state index contributed by atoms with van der Waals surface area (Å²) in [5.74, 6) is 1.53. The van der Waals surface area contributed by atoms with Crippen LogP contribution in [0.1, 0.15) is 24.0 Å². The molecule has 1 aromatic carbocycles. The van der Waals surface area contributed by atoms with E-state index in [0.29, 0.717) is 31.4 Å². The fraction of sp³-hybridized carbons (Fsp3) is 0.522. The van der Waals surface area contributed by atoms with Crippen molar-refractivity contribution in [1.82, 2.24) is 14.9 Å². The van der Waals surface area contributed by atoms with Crippen molar-refractivity contribution in [2.75, 3.05) is 61.1 Å². The topological polar surface area (TPSA) is 105 Å². The summed E-state index contributed by atoms with van der Waals surface area (Å²) in [6.45, 7) is 5.87. The number of ether oxygens (including phenoxy) is 1. The quantitative estimate of drug-likeness (QED) is 0.698. The largest absolute Gasteiger partial charge is 0.489 e. The van der Waals surface area contributed by atoms with E-state index in [1.54, 1.807) is 12.4 Å². The average molecular weight is 472 g/mol. The lowest BCUT2D eigenvalue weighted by Gasteiger charge is -2.38. The van der Waals surface area contributed by atoms with Crippen molar-refractivity contribution < 1.29 is 17.9 Å². The number of likely N-dealkylation sites (tertiary alicyclic amines) is 1. The summed E-state index contributed by atoms with van der Waals surface area (Å²) in [6, 6.07) is 6.20. The fourth-order valence-electron chi connectivity index (χ4n) is 4.93. The van der Waals surface area contributed by atoms with Gasteiger partial charge in [0.1, 0.15) is 6.61 Å². The molecule has 10 heteroatoms. The van der Waals surface area contributed by atoms with Crippen LogP contribution in [0, 0.1) is 6.92 Å². The fourth-order valence-corrected chi connectivity index (χ4v) is 6.14. The zero-order valence-electron chi connectivity index (χ0n) is 18.8. The minimum atomic E-state index is -2.93. The highest BCUT2D eigenvalue weighted by molar-refractivity contribution is 7.91. The number of nitrogens with one attached hydrogen (secondary N) is 1. The number of piperidine rings is 1. The van der Waals surface area contributed by atoms with Crippen LogP contribution >= 0.6 is 0 Å². The maximum atomic E-state index is 12.8. The molecular weight excluding hydrogens is 442 g/mol. The highest BCUT2D eigenvalue weighted by Gasteiger charge is 2.48. The molecule has 0 radical (unpaired) electrons. The number of aromatic nitrogens is 2. The summed E-state index contributed by atoms with van der Waals surface area (Å²) in [4.78, 5) is 25.7. The van der Waals surface area contributed by atoms with E-state index in [9.17, 15) is 13.2 Å². The molecule has 1 aromatic heterocycles. The monoisotopic (exact) mass is 471 g/mol. The lowest BCUT2D eigenvalue weighted by Crippen LogP contribution is -2.47. The number of rotatable bonds is 5. The van der Waals surface area contributed by atoms with Crippen molar-refractivity contribution in [2.24, 2.45) is 0 Å². The van der Waals surface area contributed by atoms with Gasteiger partial charge in [0.05, 0.1) is 29.3 Å². The maximum Gasteiger partial charge on any atom is 0.235 e. The van der Waals surface area contributed by atoms with Crippen LogP contribution in [-0.2, 0) is 20.0 Å². The molecule has 176 valence electrons. The summed E-state index contributed by atoms with van der Waals surface area (Å²) < 4.78 is 29.0. The molecule has 33 heavy (non-hydrogen) atoms. The van der Waals surface area contributed by atoms with Gasteiger partial charge < -0.3 is 15.0 Å². The lowest BCUT2D eigenvalue weighted by molar-refractivity contribution is -0.122. The number of hydrogen-bond donors (Lipinski definition) is 1. The van der Waals surface area contributed by atoms with Gasteiger partial charge in [-0.2, -0.15) is 0 Å². The first kappa shape index (κ1) is 22.1. The van der Waals surface area contributed by atoms with Gasteiger partial charge in [0.25, 0.3) is 0 Å². The first-order chi connectivity index (χ1) is 15.8. The Hall–Kier alpha value is -2.72. The van der Waals surface area contributed by atoms with Crippen LogP contribution in [-0.4, -0.2) is 80.0 Å². The Labute approximate surface area is 194 Å². The van der Waals surface area contributed by atoms with E-state index in [2.05, 4.69) is 33.2 Å². The molecule has 2 saturated heterocycles. The van der Waals surface area contributed by atoms with Gasteiger partial charge in [0, 0.05) is 25.3 Å². The molecule has 0 aliphatic carbocycles. The number of benzene rings is 1. The zero-order chi connectivity index (χ0) is 23.1. The van der Waals surface area contributed by atoms with E-state index in [1.807, 2.05) is 17.0 Å². The van der Waals surface area contributed by atoms with Gasteiger partial charge in [-0.3, -0.25) is 9.69 Å². The molecule has 2 fully saturated rings. The zero-order valence-corrected chi connectivity index (χ0v) is 19.6. The Bertz CT molecular complexity index is 1130. The maximum absolute atomic E-state index is 12.8. The van der Waals surface area contributed by atoms with Crippen molar-refractivity contribution in [2.45, 2.75) is 25.2 Å². The number of hydrogen-bond acceptors (Lipinski definition) is 8. The van der Waals surface area contributed by atoms with E-state index in [0.717, 1.165) is 43.7 Å². The number of carbonyl (C=O) groups excluding carboxylic acids is 1. The lowest BCUT2D eigenvalue weighted by atomic mass is 9.73. The minimum absolute atomic E-state index is 0.127. The predicted octanol–water partition coefficient (Wildman–Crippen LogP) is 1.38. The van der Waals surface area contributed by atoms with E-state index in [-0.39, 0.29) is 17.4 Å². The van der Waals surface area contributed by atoms with Crippen LogP contribution in [0.5, 0.6) is 5.75 Å². The highest BCUT2D eigenvalue weighted by Crippen LogP contribution is 2.45. The molecule has 5 rings (SSSR count). The number of carbonyl (C=O) groups is 1. The molecule has 9 nitrogen and oxygen atoms in total. The van der Waals surface area contributed by atoms with Gasteiger partial charge in [-0.1, -0.05) is 17.7 Å². The van der Waals surface area contributed by atoms with E-state index in [1.165, 1.54) is 5.56 Å². The molecule has 0 unspecified atom stereocenters. The van der Waals surface area contributed by atoms with E-state index >= 15 is 0 Å². The molecule has 3 aliphatic heterocycles. The SMILES string of the molecule is Cc1ccc2c(c1)C1(CCN(CCOc3cnc(N4CCS(=O)(=O)CC4)nc3)CC1)C(=O)N2. The summed E-state index contributed by atoms with van der Waals surface area (Å²) in [6.07, 6.45) is 4.88. The number of fused-ring (bicyclic) bond motifs is 2. The minimum Gasteiger partial charge on any atom is -0.489 e. The van der Waals surface area contributed by atoms with Gasteiger partial charge in [0.15, 0.2) is 15.6 Å². The van der Waals surface area contributed by atoms with Crippen LogP contribution in [0.15, 0.2) is 30.6 Å². The number of sulfone groups is 1. The van der Waals surface area contributed by atoms with Crippen LogP contribution in [0.25, 0.3) is 0 Å². The second-order valence-corrected chi connectivity index (χ2v) is 11.4. The molecule has 0 saturated carbocycles. The Morgan fingerprint density at radius 1 is 1.09 bits per heavy atom. The first-order valence-corrected chi connectivity index (χ1v) is 13.2. The second-order valence-electron chi connectivity index (χ2n) is 9.13. The summed E-state index contributed by atoms with van der Waals surface area (Å²) in [5.41, 5.74) is 2.87. The van der Waals surface area contributed by atoms with Gasteiger partial charge >= 0.3 is 0 Å². The molecule has 0 atom stereocenters. The number of anilines is 2. The van der Waals surface area contributed by atoms with Crippen molar-refractivity contribution in [3.05, 3.63) is 41.7 Å². The Morgan fingerprint density at radius 2 is 1.79 bits per heavy atom. The number of nitrogens with zero attached hydrogens (tertiary/aromatic N) is 4. The molecule has 2 aromatic rings. The Kier molecular flexibility index (Phi) is 5.74. The van der Waals surface area contributed by atoms with Crippen LogP contribution in [0.3, 0.4) is 0 Å². The molecule has 1 amide bonds. The predicted molar refractivity (Wildman–Crippen MR) is 126 cm³/mol. The number of aryl methyl sites for hydroxylation is 1. The number of amides is 1. The van der Waals surface area contributed by atoms with Gasteiger partial charge in [-0.05, 0) is 44.5 Å². The summed E-state index contributed by atoms with van der Waals surface area (Å²) in [5, 5.41) is 3.07. The van der Waals surface area contributed by atoms with Crippen molar-refractivity contribution in [3.63, 3.8) is 0 Å². The second kappa shape index (κ2) is 8.57. The molecule has 4 heterocycles. The van der Waals surface area contributed by atoms with E-state index in [4.69, 9.17) is 4.74 Å². The normalized spacial score (nSPS) is 21.6. The smallest absolute Gasteiger partial charge is 0.235 e. The third kappa shape index (κ3) is 4.41. The van der Waals surface area contributed by atoms with Crippen molar-refractivity contribution in [1.29, 1.82) is 0 Å². The van der Waals surface area contributed by atoms with Crippen LogP contribution < -0.4 is 15.0 Å². The highest BCUT2D eigenvalue weighted by atomic mass is 32.2. The van der Waals surface area contributed by atoms with Crippen molar-refractivity contribution in [3.8, 4) is 5.75 Å². The first-order valence-electron chi connectivity index (χ1n) is 11.4. The molecular formula is C23H29N5O4S. The summed E-state index contributed by atoms with van der Waals surface area (Å²) >= 11 is 0. The van der Waals surface area contributed by atoms with Gasteiger partial charge in [-0.25, -0.2) is 18.4 Å². The summed E-state index contributed by atoms with van der Waals surface area (Å²) in [7, 11) is -2.93. The van der Waals surface area contributed by atoms with Gasteiger partial charge in [-0.15, -0.1) is 0 Å².